The zero-order chi connectivity index (χ0) is 16.7. The SMILES string of the molecule is O=c1[nH]c(=S)n(Cc2ccc(Cl)cc2[C@@H]2CCCN2)c2cc[nH]c12. The molecule has 24 heavy (non-hydrogen) atoms. The highest BCUT2D eigenvalue weighted by molar-refractivity contribution is 7.71. The molecule has 3 aromatic rings. The van der Waals surface area contributed by atoms with Gasteiger partial charge in [0, 0.05) is 17.3 Å². The van der Waals surface area contributed by atoms with Crippen LogP contribution in [0.25, 0.3) is 11.0 Å². The molecule has 1 aliphatic rings. The summed E-state index contributed by atoms with van der Waals surface area (Å²) in [6.07, 6.45) is 4.02. The topological polar surface area (TPSA) is 65.6 Å². The summed E-state index contributed by atoms with van der Waals surface area (Å²) in [7, 11) is 0. The molecule has 3 N–H and O–H groups in total. The summed E-state index contributed by atoms with van der Waals surface area (Å²) in [6, 6.07) is 8.17. The third-order valence-electron chi connectivity index (χ3n) is 4.58. The lowest BCUT2D eigenvalue weighted by atomic mass is 9.99. The molecule has 0 radical (unpaired) electrons. The Morgan fingerprint density at radius 1 is 1.33 bits per heavy atom. The van der Waals surface area contributed by atoms with Crippen LogP contribution in [-0.2, 0) is 6.54 Å². The first-order valence-electron chi connectivity index (χ1n) is 7.95. The summed E-state index contributed by atoms with van der Waals surface area (Å²) < 4.78 is 2.37. The minimum atomic E-state index is -0.190. The Kier molecular flexibility index (Phi) is 4.04. The average molecular weight is 361 g/mol. The summed E-state index contributed by atoms with van der Waals surface area (Å²) in [6.45, 7) is 1.62. The Morgan fingerprint density at radius 2 is 2.21 bits per heavy atom. The second-order valence-corrected chi connectivity index (χ2v) is 6.90. The number of nitrogens with zero attached hydrogens (tertiary/aromatic N) is 1. The highest BCUT2D eigenvalue weighted by Gasteiger charge is 2.20. The highest BCUT2D eigenvalue weighted by atomic mass is 35.5. The largest absolute Gasteiger partial charge is 0.355 e. The predicted octanol–water partition coefficient (Wildman–Crippen LogP) is 3.51. The number of benzene rings is 1. The first-order valence-corrected chi connectivity index (χ1v) is 8.74. The molecule has 1 aromatic carbocycles. The van der Waals surface area contributed by atoms with Gasteiger partial charge in [0.05, 0.1) is 12.1 Å². The van der Waals surface area contributed by atoms with E-state index in [9.17, 15) is 4.79 Å². The molecule has 0 amide bonds. The monoisotopic (exact) mass is 360 g/mol. The van der Waals surface area contributed by atoms with Crippen LogP contribution in [0.15, 0.2) is 35.3 Å². The molecular formula is C17H17ClN4OS. The second kappa shape index (κ2) is 6.20. The fourth-order valence-corrected chi connectivity index (χ4v) is 3.85. The molecule has 0 bridgehead atoms. The van der Waals surface area contributed by atoms with Crippen LogP contribution in [0.3, 0.4) is 0 Å². The molecule has 1 fully saturated rings. The Hall–Kier alpha value is -1.89. The van der Waals surface area contributed by atoms with Crippen molar-refractivity contribution in [3.05, 3.63) is 61.7 Å². The Bertz CT molecular complexity index is 1010. The van der Waals surface area contributed by atoms with E-state index in [-0.39, 0.29) is 5.56 Å². The van der Waals surface area contributed by atoms with Crippen molar-refractivity contribution < 1.29 is 0 Å². The van der Waals surface area contributed by atoms with Gasteiger partial charge in [-0.25, -0.2) is 0 Å². The molecule has 1 atom stereocenters. The second-order valence-electron chi connectivity index (χ2n) is 6.08. The number of hydrogen-bond donors (Lipinski definition) is 3. The number of fused-ring (bicyclic) bond motifs is 1. The molecule has 1 aliphatic heterocycles. The fourth-order valence-electron chi connectivity index (χ4n) is 3.42. The minimum Gasteiger partial charge on any atom is -0.355 e. The molecular weight excluding hydrogens is 344 g/mol. The van der Waals surface area contributed by atoms with Gasteiger partial charge in [-0.15, -0.1) is 0 Å². The van der Waals surface area contributed by atoms with Crippen molar-refractivity contribution in [2.45, 2.75) is 25.4 Å². The number of aromatic amines is 2. The molecule has 2 aromatic heterocycles. The smallest absolute Gasteiger partial charge is 0.276 e. The van der Waals surface area contributed by atoms with E-state index in [2.05, 4.69) is 15.3 Å². The van der Waals surface area contributed by atoms with Crippen LogP contribution in [0.2, 0.25) is 5.02 Å². The normalized spacial score (nSPS) is 17.6. The number of hydrogen-bond acceptors (Lipinski definition) is 3. The maximum atomic E-state index is 12.0. The Morgan fingerprint density at radius 3 is 3.00 bits per heavy atom. The number of halogens is 1. The van der Waals surface area contributed by atoms with Crippen LogP contribution in [0.5, 0.6) is 0 Å². The van der Waals surface area contributed by atoms with Gasteiger partial charge < -0.3 is 14.9 Å². The minimum absolute atomic E-state index is 0.190. The van der Waals surface area contributed by atoms with Crippen molar-refractivity contribution >= 4 is 34.9 Å². The van der Waals surface area contributed by atoms with E-state index in [4.69, 9.17) is 23.8 Å². The summed E-state index contributed by atoms with van der Waals surface area (Å²) in [4.78, 5) is 17.7. The Labute approximate surface area is 148 Å². The van der Waals surface area contributed by atoms with Gasteiger partial charge in [-0.05, 0) is 60.9 Å². The number of aromatic nitrogens is 3. The van der Waals surface area contributed by atoms with Crippen molar-refractivity contribution in [3.8, 4) is 0 Å². The van der Waals surface area contributed by atoms with Gasteiger partial charge in [0.2, 0.25) is 0 Å². The average Bonchev–Trinajstić information content (AvgIpc) is 3.24. The standard InChI is InChI=1S/C17H17ClN4OS/c18-11-4-3-10(12(8-11)13-2-1-6-19-13)9-22-14-5-7-20-15(14)16(23)21-17(22)24/h3-5,7-8,13,19-20H,1-2,6,9H2,(H,21,23,24)/t13-/m0/s1. The Balaban J connectivity index is 1.83. The maximum absolute atomic E-state index is 12.0. The summed E-state index contributed by atoms with van der Waals surface area (Å²) in [5.41, 5.74) is 3.52. The van der Waals surface area contributed by atoms with Crippen molar-refractivity contribution in [2.24, 2.45) is 0 Å². The van der Waals surface area contributed by atoms with E-state index in [1.54, 1.807) is 6.20 Å². The van der Waals surface area contributed by atoms with Crippen molar-refractivity contribution in [3.63, 3.8) is 0 Å². The summed E-state index contributed by atoms with van der Waals surface area (Å²) >= 11 is 11.6. The van der Waals surface area contributed by atoms with Crippen LogP contribution >= 0.6 is 23.8 Å². The first kappa shape index (κ1) is 15.6. The van der Waals surface area contributed by atoms with E-state index >= 15 is 0 Å². The zero-order valence-corrected chi connectivity index (χ0v) is 14.5. The van der Waals surface area contributed by atoms with Crippen LogP contribution < -0.4 is 10.9 Å². The highest BCUT2D eigenvalue weighted by Crippen LogP contribution is 2.29. The fraction of sp³-hybridized carbons (Fsp3) is 0.294. The predicted molar refractivity (Wildman–Crippen MR) is 98.3 cm³/mol. The maximum Gasteiger partial charge on any atom is 0.276 e. The summed E-state index contributed by atoms with van der Waals surface area (Å²) in [5, 5.41) is 4.26. The van der Waals surface area contributed by atoms with Crippen LogP contribution in [0.4, 0.5) is 0 Å². The molecule has 4 rings (SSSR count). The molecule has 1 saturated heterocycles. The van der Waals surface area contributed by atoms with Gasteiger partial charge in [0.1, 0.15) is 5.52 Å². The zero-order valence-electron chi connectivity index (χ0n) is 12.9. The van der Waals surface area contributed by atoms with Gasteiger partial charge in [0.25, 0.3) is 5.56 Å². The number of rotatable bonds is 3. The number of H-pyrrole nitrogens is 2. The lowest BCUT2D eigenvalue weighted by Crippen LogP contribution is -2.18. The molecule has 5 nitrogen and oxygen atoms in total. The van der Waals surface area contributed by atoms with E-state index < -0.39 is 0 Å². The van der Waals surface area contributed by atoms with Gasteiger partial charge >= 0.3 is 0 Å². The van der Waals surface area contributed by atoms with Crippen molar-refractivity contribution in [1.82, 2.24) is 19.9 Å². The van der Waals surface area contributed by atoms with Crippen LogP contribution in [0, 0.1) is 4.77 Å². The van der Waals surface area contributed by atoms with E-state index in [1.165, 1.54) is 5.56 Å². The molecule has 124 valence electrons. The van der Waals surface area contributed by atoms with Crippen molar-refractivity contribution in [2.75, 3.05) is 6.54 Å². The van der Waals surface area contributed by atoms with Crippen molar-refractivity contribution in [1.29, 1.82) is 0 Å². The molecule has 0 aliphatic carbocycles. The quantitative estimate of drug-likeness (QED) is 0.626. The van der Waals surface area contributed by atoms with E-state index in [1.807, 2.05) is 28.8 Å². The third-order valence-corrected chi connectivity index (χ3v) is 5.14. The van der Waals surface area contributed by atoms with E-state index in [0.29, 0.717) is 22.9 Å². The lowest BCUT2D eigenvalue weighted by Gasteiger charge is -2.18. The molecule has 0 saturated carbocycles. The van der Waals surface area contributed by atoms with Gasteiger partial charge in [0.15, 0.2) is 4.77 Å². The molecule has 0 unspecified atom stereocenters. The third kappa shape index (κ3) is 2.70. The molecule has 3 heterocycles. The molecule has 7 heteroatoms. The van der Waals surface area contributed by atoms with Crippen LogP contribution in [0.1, 0.15) is 30.0 Å². The van der Waals surface area contributed by atoms with Gasteiger partial charge in [-0.3, -0.25) is 9.78 Å². The summed E-state index contributed by atoms with van der Waals surface area (Å²) in [5.74, 6) is 0. The van der Waals surface area contributed by atoms with Crippen LogP contribution in [-0.4, -0.2) is 21.1 Å². The first-order chi connectivity index (χ1) is 11.6. The molecule has 0 spiro atoms. The van der Waals surface area contributed by atoms with Gasteiger partial charge in [-0.1, -0.05) is 17.7 Å². The lowest BCUT2D eigenvalue weighted by molar-refractivity contribution is 0.633. The van der Waals surface area contributed by atoms with E-state index in [0.717, 1.165) is 35.5 Å². The van der Waals surface area contributed by atoms with Gasteiger partial charge in [-0.2, -0.15) is 0 Å². The number of nitrogens with one attached hydrogen (secondary N) is 3.